The predicted molar refractivity (Wildman–Crippen MR) is 177 cm³/mol. The van der Waals surface area contributed by atoms with Crippen LogP contribution in [0.4, 0.5) is 5.13 Å². The Kier molecular flexibility index (Phi) is 9.60. The molecule has 4 aromatic rings. The Labute approximate surface area is 272 Å². The molecule has 45 heavy (non-hydrogen) atoms. The van der Waals surface area contributed by atoms with Crippen molar-refractivity contribution < 1.29 is 23.9 Å². The van der Waals surface area contributed by atoms with Crippen molar-refractivity contribution in [1.29, 1.82) is 0 Å². The Hall–Kier alpha value is -4.21. The highest BCUT2D eigenvalue weighted by molar-refractivity contribution is 7.14. The van der Waals surface area contributed by atoms with Crippen LogP contribution in [-0.4, -0.2) is 45.8 Å². The SMILES string of the molecule is CCOC(=O)/C(=N\OC1(C(=O)OC(C)(C)C)CC(Cl)C1)c1csc(NC(c2ccccc2)(c2ccccc2)c2ccccc2)n1. The Bertz CT molecular complexity index is 1540. The molecule has 0 atom stereocenters. The third kappa shape index (κ3) is 7.05. The molecule has 3 aromatic carbocycles. The van der Waals surface area contributed by atoms with E-state index in [4.69, 9.17) is 30.9 Å². The highest BCUT2D eigenvalue weighted by atomic mass is 35.5. The lowest BCUT2D eigenvalue weighted by Gasteiger charge is -2.41. The maximum Gasteiger partial charge on any atom is 0.362 e. The van der Waals surface area contributed by atoms with Crippen LogP contribution in [0.15, 0.2) is 102 Å². The van der Waals surface area contributed by atoms with Crippen LogP contribution >= 0.6 is 22.9 Å². The summed E-state index contributed by atoms with van der Waals surface area (Å²) in [5, 5.41) is 9.83. The summed E-state index contributed by atoms with van der Waals surface area (Å²) in [6, 6.07) is 30.4. The minimum absolute atomic E-state index is 0.118. The van der Waals surface area contributed by atoms with Gasteiger partial charge >= 0.3 is 11.9 Å². The molecule has 0 saturated heterocycles. The molecule has 1 fully saturated rings. The number of nitrogens with zero attached hydrogens (tertiary/aromatic N) is 2. The molecule has 1 aromatic heterocycles. The number of oxime groups is 1. The number of anilines is 1. The summed E-state index contributed by atoms with van der Waals surface area (Å²) >= 11 is 7.58. The molecule has 10 heteroatoms. The van der Waals surface area contributed by atoms with Crippen molar-refractivity contribution in [3.05, 3.63) is 119 Å². The quantitative estimate of drug-likeness (QED) is 0.0600. The Morgan fingerprint density at radius 1 is 0.933 bits per heavy atom. The molecule has 1 heterocycles. The van der Waals surface area contributed by atoms with Crippen molar-refractivity contribution in [2.45, 2.75) is 62.7 Å². The van der Waals surface area contributed by atoms with Crippen molar-refractivity contribution in [1.82, 2.24) is 4.98 Å². The van der Waals surface area contributed by atoms with Crippen molar-refractivity contribution in [2.24, 2.45) is 5.16 Å². The van der Waals surface area contributed by atoms with E-state index in [0.717, 1.165) is 16.7 Å². The lowest BCUT2D eigenvalue weighted by molar-refractivity contribution is -0.195. The van der Waals surface area contributed by atoms with Crippen LogP contribution in [0.2, 0.25) is 0 Å². The first kappa shape index (κ1) is 32.2. The summed E-state index contributed by atoms with van der Waals surface area (Å²) < 4.78 is 10.9. The molecule has 234 valence electrons. The van der Waals surface area contributed by atoms with Crippen molar-refractivity contribution >= 4 is 45.7 Å². The Morgan fingerprint density at radius 2 is 1.44 bits per heavy atom. The number of aromatic nitrogens is 1. The third-order valence-corrected chi connectivity index (χ3v) is 8.38. The van der Waals surface area contributed by atoms with Crippen molar-refractivity contribution in [3.63, 3.8) is 0 Å². The zero-order valence-corrected chi connectivity index (χ0v) is 27.2. The number of benzene rings is 3. The summed E-state index contributed by atoms with van der Waals surface area (Å²) in [4.78, 5) is 36.9. The van der Waals surface area contributed by atoms with E-state index in [0.29, 0.717) is 5.13 Å². The second kappa shape index (κ2) is 13.4. The average molecular weight is 646 g/mol. The van der Waals surface area contributed by atoms with Gasteiger partial charge in [-0.15, -0.1) is 22.9 Å². The van der Waals surface area contributed by atoms with Gasteiger partial charge in [-0.2, -0.15) is 0 Å². The highest BCUT2D eigenvalue weighted by Crippen LogP contribution is 2.43. The van der Waals surface area contributed by atoms with Crippen LogP contribution in [0.1, 0.15) is 62.9 Å². The molecule has 1 aliphatic carbocycles. The van der Waals surface area contributed by atoms with Crippen molar-refractivity contribution in [3.8, 4) is 0 Å². The number of hydrogen-bond donors (Lipinski definition) is 1. The average Bonchev–Trinajstić information content (AvgIpc) is 3.47. The maximum absolute atomic E-state index is 13.2. The zero-order valence-electron chi connectivity index (χ0n) is 25.7. The minimum atomic E-state index is -1.41. The Morgan fingerprint density at radius 3 is 1.89 bits per heavy atom. The van der Waals surface area contributed by atoms with E-state index in [1.807, 2.05) is 54.6 Å². The molecule has 0 aliphatic heterocycles. The molecule has 1 N–H and O–H groups in total. The first-order chi connectivity index (χ1) is 21.6. The van der Waals surface area contributed by atoms with Crippen LogP contribution in [-0.2, 0) is 29.4 Å². The van der Waals surface area contributed by atoms with E-state index in [1.54, 1.807) is 33.1 Å². The Balaban J connectivity index is 1.55. The summed E-state index contributed by atoms with van der Waals surface area (Å²) in [6.45, 7) is 7.13. The molecule has 0 bridgehead atoms. The van der Waals surface area contributed by atoms with E-state index >= 15 is 0 Å². The number of rotatable bonds is 11. The molecule has 8 nitrogen and oxygen atoms in total. The van der Waals surface area contributed by atoms with Crippen LogP contribution in [0, 0.1) is 0 Å². The van der Waals surface area contributed by atoms with E-state index < -0.39 is 28.7 Å². The van der Waals surface area contributed by atoms with Gasteiger partial charge in [0, 0.05) is 23.6 Å². The largest absolute Gasteiger partial charge is 0.461 e. The topological polar surface area (TPSA) is 99.1 Å². The standard InChI is InChI=1S/C35H36ClN3O5S/c1-5-42-30(40)29(39-44-34(21-27(36)22-34)31(41)43-33(2,3)4)28-23-45-32(37-28)38-35(24-15-9-6-10-16-24,25-17-11-7-12-18-25)26-19-13-8-14-20-26/h6-20,23,27H,5,21-22H2,1-4H3,(H,37,38)/b39-29-. The number of nitrogens with one attached hydrogen (secondary N) is 1. The molecule has 1 saturated carbocycles. The third-order valence-electron chi connectivity index (χ3n) is 7.32. The molecule has 5 rings (SSSR count). The van der Waals surface area contributed by atoms with Gasteiger partial charge in [-0.1, -0.05) is 96.2 Å². The second-order valence-electron chi connectivity index (χ2n) is 11.8. The predicted octanol–water partition coefficient (Wildman–Crippen LogP) is 7.31. The van der Waals surface area contributed by atoms with E-state index in [9.17, 15) is 9.59 Å². The minimum Gasteiger partial charge on any atom is -0.461 e. The molecule has 1 aliphatic rings. The summed E-state index contributed by atoms with van der Waals surface area (Å²) in [6.07, 6.45) is 0.390. The smallest absolute Gasteiger partial charge is 0.362 e. The van der Waals surface area contributed by atoms with Gasteiger partial charge in [0.2, 0.25) is 11.3 Å². The first-order valence-electron chi connectivity index (χ1n) is 14.8. The first-order valence-corrected chi connectivity index (χ1v) is 16.1. The molecule has 0 radical (unpaired) electrons. The summed E-state index contributed by atoms with van der Waals surface area (Å²) in [5.74, 6) is -1.31. The summed E-state index contributed by atoms with van der Waals surface area (Å²) in [7, 11) is 0. The van der Waals surface area contributed by atoms with Crippen LogP contribution in [0.5, 0.6) is 0 Å². The van der Waals surface area contributed by atoms with E-state index in [1.165, 1.54) is 11.3 Å². The number of alkyl halides is 1. The van der Waals surface area contributed by atoms with Crippen LogP contribution < -0.4 is 5.32 Å². The number of ether oxygens (including phenoxy) is 2. The zero-order chi connectivity index (χ0) is 32.1. The van der Waals surface area contributed by atoms with Gasteiger partial charge in [0.1, 0.15) is 16.8 Å². The van der Waals surface area contributed by atoms with Crippen LogP contribution in [0.3, 0.4) is 0 Å². The van der Waals surface area contributed by atoms with Crippen molar-refractivity contribution in [2.75, 3.05) is 11.9 Å². The second-order valence-corrected chi connectivity index (χ2v) is 13.2. The molecule has 0 amide bonds. The normalized spacial score (nSPS) is 18.4. The lowest BCUT2D eigenvalue weighted by atomic mass is 9.77. The lowest BCUT2D eigenvalue weighted by Crippen LogP contribution is -2.55. The van der Waals surface area contributed by atoms with E-state index in [2.05, 4.69) is 46.9 Å². The maximum atomic E-state index is 13.2. The number of thiazole rings is 1. The molecular formula is C35H36ClN3O5S. The number of esters is 2. The number of carbonyl (C=O) groups excluding carboxylic acids is 2. The number of hydrogen-bond acceptors (Lipinski definition) is 9. The monoisotopic (exact) mass is 645 g/mol. The van der Waals surface area contributed by atoms with Gasteiger partial charge in [-0.05, 0) is 44.4 Å². The highest BCUT2D eigenvalue weighted by Gasteiger charge is 2.55. The molecule has 0 spiro atoms. The fraction of sp³-hybridized carbons (Fsp3) is 0.314. The summed E-state index contributed by atoms with van der Waals surface area (Å²) in [5.41, 5.74) is 0.120. The van der Waals surface area contributed by atoms with Gasteiger partial charge in [0.15, 0.2) is 5.13 Å². The fourth-order valence-electron chi connectivity index (χ4n) is 5.21. The van der Waals surface area contributed by atoms with Crippen LogP contribution in [0.25, 0.3) is 0 Å². The van der Waals surface area contributed by atoms with Gasteiger partial charge in [-0.25, -0.2) is 14.6 Å². The van der Waals surface area contributed by atoms with Gasteiger partial charge in [0.05, 0.1) is 6.61 Å². The van der Waals surface area contributed by atoms with E-state index in [-0.39, 0.29) is 36.2 Å². The number of halogens is 1. The molecule has 0 unspecified atom stereocenters. The van der Waals surface area contributed by atoms with Gasteiger partial charge < -0.3 is 19.6 Å². The molecular weight excluding hydrogens is 610 g/mol. The van der Waals surface area contributed by atoms with Gasteiger partial charge in [-0.3, -0.25) is 0 Å². The van der Waals surface area contributed by atoms with Gasteiger partial charge in [0.25, 0.3) is 0 Å². The number of carbonyl (C=O) groups is 2. The fourth-order valence-corrected chi connectivity index (χ4v) is 6.46.